The molecule has 0 N–H and O–H groups in total. The molecule has 20 heavy (non-hydrogen) atoms. The number of hydrogen-bond donors (Lipinski definition) is 0. The smallest absolute Gasteiger partial charge is 0.330 e. The van der Waals surface area contributed by atoms with Crippen molar-refractivity contribution >= 4 is 29.5 Å². The summed E-state index contributed by atoms with van der Waals surface area (Å²) < 4.78 is 4.97. The maximum Gasteiger partial charge on any atom is 0.330 e. The standard InChI is InChI=1S/C16H26O2S2/c1-3-4-5-7-11-16(19-13-9-14-20-16)12-8-6-10-15(17)18-2/h3,6,10H,1,4-5,7-9,11-14H2,2H3/b10-6+. The summed E-state index contributed by atoms with van der Waals surface area (Å²) in [6.45, 7) is 3.78. The number of ether oxygens (including phenoxy) is 1. The van der Waals surface area contributed by atoms with Crippen molar-refractivity contribution in [2.45, 2.75) is 49.0 Å². The molecule has 0 atom stereocenters. The summed E-state index contributed by atoms with van der Waals surface area (Å²) in [4.78, 5) is 11.1. The van der Waals surface area contributed by atoms with Gasteiger partial charge in [-0.1, -0.05) is 18.6 Å². The number of unbranched alkanes of at least 4 members (excludes halogenated alkanes) is 2. The second kappa shape index (κ2) is 10.4. The SMILES string of the molecule is C=CCCCCC1(CC/C=C/C(=O)OC)SCCCS1. The van der Waals surface area contributed by atoms with E-state index >= 15 is 0 Å². The molecule has 0 spiro atoms. The fourth-order valence-electron chi connectivity index (χ4n) is 2.26. The predicted molar refractivity (Wildman–Crippen MR) is 91.3 cm³/mol. The fraction of sp³-hybridized carbons (Fsp3) is 0.688. The minimum Gasteiger partial charge on any atom is -0.466 e. The number of allylic oxidation sites excluding steroid dienone is 2. The molecule has 114 valence electrons. The molecule has 0 amide bonds. The minimum absolute atomic E-state index is 0.256. The Hall–Kier alpha value is -0.350. The van der Waals surface area contributed by atoms with Gasteiger partial charge in [-0.3, -0.25) is 0 Å². The van der Waals surface area contributed by atoms with Crippen molar-refractivity contribution in [3.63, 3.8) is 0 Å². The van der Waals surface area contributed by atoms with E-state index in [0.29, 0.717) is 4.08 Å². The van der Waals surface area contributed by atoms with E-state index in [2.05, 4.69) is 34.8 Å². The van der Waals surface area contributed by atoms with Crippen LogP contribution in [0.4, 0.5) is 0 Å². The summed E-state index contributed by atoms with van der Waals surface area (Å²) in [5.74, 6) is 2.29. The monoisotopic (exact) mass is 314 g/mol. The molecule has 0 aromatic carbocycles. The maximum absolute atomic E-state index is 11.1. The fourth-order valence-corrected chi connectivity index (χ4v) is 5.70. The molecule has 0 aromatic rings. The van der Waals surface area contributed by atoms with Crippen LogP contribution in [0.2, 0.25) is 0 Å². The highest BCUT2D eigenvalue weighted by Gasteiger charge is 2.32. The van der Waals surface area contributed by atoms with Gasteiger partial charge in [-0.2, -0.15) is 0 Å². The van der Waals surface area contributed by atoms with Crippen molar-refractivity contribution in [1.29, 1.82) is 0 Å². The molecule has 1 rings (SSSR count). The molecule has 4 heteroatoms. The van der Waals surface area contributed by atoms with E-state index in [1.54, 1.807) is 6.08 Å². The van der Waals surface area contributed by atoms with E-state index in [-0.39, 0.29) is 5.97 Å². The van der Waals surface area contributed by atoms with E-state index in [0.717, 1.165) is 19.3 Å². The van der Waals surface area contributed by atoms with Crippen LogP contribution in [0.25, 0.3) is 0 Å². The highest BCUT2D eigenvalue weighted by molar-refractivity contribution is 8.18. The number of methoxy groups -OCH3 is 1. The quantitative estimate of drug-likeness (QED) is 0.264. The lowest BCUT2D eigenvalue weighted by molar-refractivity contribution is -0.134. The molecule has 1 fully saturated rings. The Morgan fingerprint density at radius 1 is 1.25 bits per heavy atom. The van der Waals surface area contributed by atoms with Crippen LogP contribution in [0.1, 0.15) is 44.9 Å². The van der Waals surface area contributed by atoms with Gasteiger partial charge in [0.25, 0.3) is 0 Å². The third kappa shape index (κ3) is 6.89. The van der Waals surface area contributed by atoms with Gasteiger partial charge in [-0.05, 0) is 50.0 Å². The lowest BCUT2D eigenvalue weighted by atomic mass is 10.1. The molecule has 0 aliphatic carbocycles. The molecule has 0 aromatic heterocycles. The van der Waals surface area contributed by atoms with Gasteiger partial charge in [0.15, 0.2) is 0 Å². The average molecular weight is 315 g/mol. The van der Waals surface area contributed by atoms with Crippen LogP contribution in [0.5, 0.6) is 0 Å². The highest BCUT2D eigenvalue weighted by atomic mass is 32.2. The van der Waals surface area contributed by atoms with E-state index in [1.807, 2.05) is 12.2 Å². The van der Waals surface area contributed by atoms with Gasteiger partial charge in [0, 0.05) is 6.08 Å². The zero-order valence-corrected chi connectivity index (χ0v) is 14.1. The van der Waals surface area contributed by atoms with Gasteiger partial charge in [0.05, 0.1) is 11.2 Å². The van der Waals surface area contributed by atoms with Crippen molar-refractivity contribution < 1.29 is 9.53 Å². The summed E-state index contributed by atoms with van der Waals surface area (Å²) in [7, 11) is 1.42. The number of thioether (sulfide) groups is 2. The molecule has 1 heterocycles. The second-order valence-corrected chi connectivity index (χ2v) is 8.18. The molecule has 2 nitrogen and oxygen atoms in total. The summed E-state index contributed by atoms with van der Waals surface area (Å²) in [6.07, 6.45) is 13.8. The number of carbonyl (C=O) groups excluding carboxylic acids is 1. The molecule has 1 aliphatic heterocycles. The lowest BCUT2D eigenvalue weighted by Gasteiger charge is -2.36. The Bertz CT molecular complexity index is 320. The Morgan fingerprint density at radius 3 is 2.65 bits per heavy atom. The molecule has 0 unspecified atom stereocenters. The number of carbonyl (C=O) groups is 1. The van der Waals surface area contributed by atoms with Gasteiger partial charge < -0.3 is 4.74 Å². The van der Waals surface area contributed by atoms with Gasteiger partial charge >= 0.3 is 5.97 Å². The van der Waals surface area contributed by atoms with Crippen LogP contribution in [0, 0.1) is 0 Å². The van der Waals surface area contributed by atoms with Crippen LogP contribution in [-0.2, 0) is 9.53 Å². The Morgan fingerprint density at radius 2 is 2.00 bits per heavy atom. The first kappa shape index (κ1) is 17.7. The van der Waals surface area contributed by atoms with Crippen LogP contribution in [0.15, 0.2) is 24.8 Å². The van der Waals surface area contributed by atoms with Crippen LogP contribution in [0.3, 0.4) is 0 Å². The molecule has 1 saturated heterocycles. The molecule has 0 radical (unpaired) electrons. The van der Waals surface area contributed by atoms with Crippen molar-refractivity contribution in [3.8, 4) is 0 Å². The third-order valence-corrected chi connectivity index (χ3v) is 6.94. The van der Waals surface area contributed by atoms with Crippen LogP contribution < -0.4 is 0 Å². The highest BCUT2D eigenvalue weighted by Crippen LogP contribution is 2.49. The third-order valence-electron chi connectivity index (χ3n) is 3.38. The minimum atomic E-state index is -0.256. The average Bonchev–Trinajstić information content (AvgIpc) is 2.49. The topological polar surface area (TPSA) is 26.3 Å². The summed E-state index contributed by atoms with van der Waals surface area (Å²) in [5, 5.41) is 0. The van der Waals surface area contributed by atoms with Gasteiger partial charge in [0.1, 0.15) is 0 Å². The summed E-state index contributed by atoms with van der Waals surface area (Å²) in [6, 6.07) is 0. The number of rotatable bonds is 9. The number of hydrogen-bond acceptors (Lipinski definition) is 4. The zero-order valence-electron chi connectivity index (χ0n) is 12.4. The lowest BCUT2D eigenvalue weighted by Crippen LogP contribution is -2.25. The predicted octanol–water partition coefficient (Wildman–Crippen LogP) is 4.81. The second-order valence-electron chi connectivity index (χ2n) is 4.96. The number of esters is 1. The first-order chi connectivity index (χ1) is 9.72. The molecule has 0 bridgehead atoms. The van der Waals surface area contributed by atoms with Gasteiger partial charge in [0.2, 0.25) is 0 Å². The first-order valence-corrected chi connectivity index (χ1v) is 9.33. The largest absolute Gasteiger partial charge is 0.466 e. The Kier molecular flexibility index (Phi) is 9.19. The molecule has 0 saturated carbocycles. The van der Waals surface area contributed by atoms with E-state index in [4.69, 9.17) is 0 Å². The summed E-state index contributed by atoms with van der Waals surface area (Å²) >= 11 is 4.24. The molecular weight excluding hydrogens is 288 g/mol. The van der Waals surface area contributed by atoms with Crippen molar-refractivity contribution in [2.24, 2.45) is 0 Å². The van der Waals surface area contributed by atoms with Crippen molar-refractivity contribution in [2.75, 3.05) is 18.6 Å². The molecular formula is C16H26O2S2. The van der Waals surface area contributed by atoms with E-state index in [1.165, 1.54) is 44.3 Å². The van der Waals surface area contributed by atoms with Crippen molar-refractivity contribution in [1.82, 2.24) is 0 Å². The van der Waals surface area contributed by atoms with Crippen LogP contribution >= 0.6 is 23.5 Å². The normalized spacial score (nSPS) is 18.1. The Balaban J connectivity index is 2.40. The van der Waals surface area contributed by atoms with Crippen LogP contribution in [-0.4, -0.2) is 28.7 Å². The Labute approximate surface area is 131 Å². The maximum atomic E-state index is 11.1. The van der Waals surface area contributed by atoms with Crippen molar-refractivity contribution in [3.05, 3.63) is 24.8 Å². The summed E-state index contributed by atoms with van der Waals surface area (Å²) in [5.41, 5.74) is 0. The molecule has 1 aliphatic rings. The van der Waals surface area contributed by atoms with E-state index in [9.17, 15) is 4.79 Å². The van der Waals surface area contributed by atoms with E-state index < -0.39 is 0 Å². The van der Waals surface area contributed by atoms with Gasteiger partial charge in [-0.25, -0.2) is 4.79 Å². The first-order valence-electron chi connectivity index (χ1n) is 7.36. The zero-order chi connectivity index (χ0) is 14.7. The van der Waals surface area contributed by atoms with Gasteiger partial charge in [-0.15, -0.1) is 30.1 Å².